The van der Waals surface area contributed by atoms with E-state index in [1.165, 1.54) is 22.3 Å². The third kappa shape index (κ3) is 3.16. The molecular formula is C33H36N2O. The number of hydrogen-bond donors (Lipinski definition) is 0. The molecule has 0 radical (unpaired) electrons. The van der Waals surface area contributed by atoms with E-state index in [2.05, 4.69) is 123 Å². The molecule has 0 unspecified atom stereocenters. The van der Waals surface area contributed by atoms with Crippen molar-refractivity contribution in [3.8, 4) is 0 Å². The molecule has 2 fully saturated rings. The van der Waals surface area contributed by atoms with E-state index in [0.29, 0.717) is 5.78 Å². The average Bonchev–Trinajstić information content (AvgIpc) is 3.46. The number of nitrogens with zero attached hydrogens (tertiary/aromatic N) is 2. The number of rotatable bonds is 5. The third-order valence-electron chi connectivity index (χ3n) is 8.69. The minimum atomic E-state index is -0.647. The lowest BCUT2D eigenvalue weighted by Gasteiger charge is -2.56. The minimum Gasteiger partial charge on any atom is -0.296 e. The van der Waals surface area contributed by atoms with Crippen molar-refractivity contribution in [1.82, 2.24) is 10.0 Å². The van der Waals surface area contributed by atoms with Gasteiger partial charge in [0.15, 0.2) is 5.78 Å². The number of benzene rings is 3. The molecule has 3 heterocycles. The van der Waals surface area contributed by atoms with Crippen LogP contribution in [0, 0.1) is 11.8 Å². The maximum atomic E-state index is 15.3. The summed E-state index contributed by atoms with van der Waals surface area (Å²) in [7, 11) is 0. The summed E-state index contributed by atoms with van der Waals surface area (Å²) >= 11 is 0. The SMILES string of the molecule is CC(C)C1=C(c2ccccc2)[C@@H]2CCN3[C@@H](c4ccccc4)[C@H](c4ccccc4)C(=O)[C@@]1(C(C)C)N23. The van der Waals surface area contributed by atoms with Gasteiger partial charge in [0.2, 0.25) is 0 Å². The topological polar surface area (TPSA) is 23.6 Å². The Morgan fingerprint density at radius 2 is 1.33 bits per heavy atom. The van der Waals surface area contributed by atoms with Gasteiger partial charge in [0.1, 0.15) is 5.54 Å². The minimum absolute atomic E-state index is 0.0125. The molecule has 0 bridgehead atoms. The molecule has 3 aliphatic rings. The Hall–Kier alpha value is -3.01. The standard InChI is InChI=1S/C33H36N2O/c1-22(2)30-28(24-14-8-5-9-15-24)27-20-21-34-31(26-18-12-7-13-19-26)29(25-16-10-6-11-17-25)32(36)33(30,23(3)4)35(27)34/h5-19,22-23,27,29,31H,20-21H2,1-4H3/t27-,29-,31-,33-/m0/s1. The second-order valence-corrected chi connectivity index (χ2v) is 11.2. The van der Waals surface area contributed by atoms with Crippen molar-refractivity contribution in [1.29, 1.82) is 0 Å². The number of hydrazine groups is 1. The van der Waals surface area contributed by atoms with Crippen LogP contribution in [0.2, 0.25) is 0 Å². The molecule has 3 aromatic carbocycles. The summed E-state index contributed by atoms with van der Waals surface area (Å²) in [5.41, 5.74) is 5.67. The summed E-state index contributed by atoms with van der Waals surface area (Å²) in [5, 5.41) is 5.13. The van der Waals surface area contributed by atoms with Crippen LogP contribution in [0.5, 0.6) is 0 Å². The maximum absolute atomic E-state index is 15.3. The van der Waals surface area contributed by atoms with Crippen molar-refractivity contribution in [2.75, 3.05) is 6.54 Å². The van der Waals surface area contributed by atoms with E-state index < -0.39 is 5.54 Å². The molecule has 0 aliphatic carbocycles. The lowest BCUT2D eigenvalue weighted by molar-refractivity contribution is -0.174. The van der Waals surface area contributed by atoms with Crippen molar-refractivity contribution in [2.45, 2.75) is 57.7 Å². The molecule has 3 aliphatic heterocycles. The molecule has 3 nitrogen and oxygen atoms in total. The molecule has 2 saturated heterocycles. The maximum Gasteiger partial charge on any atom is 0.168 e. The van der Waals surface area contributed by atoms with Gasteiger partial charge in [0.25, 0.3) is 0 Å². The fraction of sp³-hybridized carbons (Fsp3) is 0.364. The summed E-state index contributed by atoms with van der Waals surface area (Å²) in [6, 6.07) is 32.2. The van der Waals surface area contributed by atoms with Crippen LogP contribution in [0.15, 0.2) is 96.6 Å². The number of Topliss-reactive ketones (excluding diaryl/α,β-unsaturated/α-hetero) is 1. The van der Waals surface area contributed by atoms with Crippen LogP contribution in [-0.4, -0.2) is 33.9 Å². The lowest BCUT2D eigenvalue weighted by Crippen LogP contribution is -2.68. The Morgan fingerprint density at radius 3 is 1.89 bits per heavy atom. The van der Waals surface area contributed by atoms with E-state index in [-0.39, 0.29) is 29.8 Å². The largest absolute Gasteiger partial charge is 0.296 e. The molecule has 184 valence electrons. The summed E-state index contributed by atoms with van der Waals surface area (Å²) in [6.45, 7) is 10.0. The quantitative estimate of drug-likeness (QED) is 0.400. The van der Waals surface area contributed by atoms with Crippen LogP contribution in [0.4, 0.5) is 0 Å². The van der Waals surface area contributed by atoms with Crippen molar-refractivity contribution in [3.05, 3.63) is 113 Å². The van der Waals surface area contributed by atoms with Crippen LogP contribution in [0.3, 0.4) is 0 Å². The van der Waals surface area contributed by atoms with E-state index in [9.17, 15) is 0 Å². The monoisotopic (exact) mass is 476 g/mol. The molecule has 0 amide bonds. The van der Waals surface area contributed by atoms with Crippen molar-refractivity contribution < 1.29 is 4.79 Å². The van der Waals surface area contributed by atoms with Crippen LogP contribution < -0.4 is 0 Å². The Labute approximate surface area is 215 Å². The van der Waals surface area contributed by atoms with Gasteiger partial charge < -0.3 is 0 Å². The molecule has 4 atom stereocenters. The summed E-state index contributed by atoms with van der Waals surface area (Å²) in [6.07, 6.45) is 1.03. The Bertz CT molecular complexity index is 1280. The Balaban J connectivity index is 1.65. The first-order valence-corrected chi connectivity index (χ1v) is 13.5. The highest BCUT2D eigenvalue weighted by molar-refractivity contribution is 6.03. The summed E-state index contributed by atoms with van der Waals surface area (Å²) in [4.78, 5) is 15.3. The summed E-state index contributed by atoms with van der Waals surface area (Å²) < 4.78 is 0. The zero-order chi connectivity index (χ0) is 25.0. The Kier molecular flexibility index (Phi) is 5.74. The zero-order valence-corrected chi connectivity index (χ0v) is 21.8. The second-order valence-electron chi connectivity index (χ2n) is 11.2. The van der Waals surface area contributed by atoms with Crippen LogP contribution >= 0.6 is 0 Å². The molecule has 3 aromatic rings. The van der Waals surface area contributed by atoms with E-state index in [1.54, 1.807) is 0 Å². The van der Waals surface area contributed by atoms with Gasteiger partial charge >= 0.3 is 0 Å². The van der Waals surface area contributed by atoms with Gasteiger partial charge in [-0.05, 0) is 46.1 Å². The Morgan fingerprint density at radius 1 is 0.778 bits per heavy atom. The normalized spacial score (nSPS) is 28.4. The number of ketones is 1. The second kappa shape index (κ2) is 8.83. The fourth-order valence-electron chi connectivity index (χ4n) is 7.54. The first-order chi connectivity index (χ1) is 17.5. The number of carbonyl (C=O) groups is 1. The molecular weight excluding hydrogens is 440 g/mol. The fourth-order valence-corrected chi connectivity index (χ4v) is 7.54. The predicted octanol–water partition coefficient (Wildman–Crippen LogP) is 6.90. The molecule has 3 heteroatoms. The van der Waals surface area contributed by atoms with E-state index in [0.717, 1.165) is 18.5 Å². The van der Waals surface area contributed by atoms with Crippen molar-refractivity contribution in [2.24, 2.45) is 11.8 Å². The van der Waals surface area contributed by atoms with Gasteiger partial charge in [0, 0.05) is 6.54 Å². The van der Waals surface area contributed by atoms with Crippen molar-refractivity contribution in [3.63, 3.8) is 0 Å². The van der Waals surface area contributed by atoms with Crippen molar-refractivity contribution >= 4 is 11.4 Å². The highest BCUT2D eigenvalue weighted by atomic mass is 16.1. The van der Waals surface area contributed by atoms with Gasteiger partial charge in [-0.2, -0.15) is 0 Å². The smallest absolute Gasteiger partial charge is 0.168 e. The highest BCUT2D eigenvalue weighted by Gasteiger charge is 2.68. The molecule has 0 aromatic heterocycles. The summed E-state index contributed by atoms with van der Waals surface area (Å²) in [5.74, 6) is 0.545. The van der Waals surface area contributed by atoms with Gasteiger partial charge in [-0.25, -0.2) is 10.0 Å². The van der Waals surface area contributed by atoms with Crippen LogP contribution in [0.25, 0.3) is 5.57 Å². The molecule has 6 rings (SSSR count). The average molecular weight is 477 g/mol. The molecule has 0 N–H and O–H groups in total. The predicted molar refractivity (Wildman–Crippen MR) is 146 cm³/mol. The lowest BCUT2D eigenvalue weighted by atomic mass is 9.64. The van der Waals surface area contributed by atoms with E-state index in [1.807, 2.05) is 6.07 Å². The van der Waals surface area contributed by atoms with E-state index in [4.69, 9.17) is 0 Å². The molecule has 0 saturated carbocycles. The van der Waals surface area contributed by atoms with Crippen LogP contribution in [-0.2, 0) is 4.79 Å². The van der Waals surface area contributed by atoms with Crippen LogP contribution in [0.1, 0.15) is 62.8 Å². The molecule has 36 heavy (non-hydrogen) atoms. The van der Waals surface area contributed by atoms with Gasteiger partial charge in [-0.1, -0.05) is 119 Å². The number of carbonyl (C=O) groups excluding carboxylic acids is 1. The van der Waals surface area contributed by atoms with Gasteiger partial charge in [-0.3, -0.25) is 4.79 Å². The first-order valence-electron chi connectivity index (χ1n) is 13.5. The zero-order valence-electron chi connectivity index (χ0n) is 21.8. The first kappa shape index (κ1) is 23.4. The number of hydrogen-bond acceptors (Lipinski definition) is 3. The van der Waals surface area contributed by atoms with Gasteiger partial charge in [-0.15, -0.1) is 0 Å². The highest BCUT2D eigenvalue weighted by Crippen LogP contribution is 2.61. The van der Waals surface area contributed by atoms with E-state index >= 15 is 4.79 Å². The van der Waals surface area contributed by atoms with Gasteiger partial charge in [0.05, 0.1) is 18.0 Å². The third-order valence-corrected chi connectivity index (χ3v) is 8.69. The molecule has 0 spiro atoms.